The van der Waals surface area contributed by atoms with E-state index >= 15 is 0 Å². The third-order valence-corrected chi connectivity index (χ3v) is 3.92. The molecular weight excluding hydrogens is 276 g/mol. The van der Waals surface area contributed by atoms with Crippen LogP contribution in [0.1, 0.15) is 10.9 Å². The van der Waals surface area contributed by atoms with Gasteiger partial charge in [-0.25, -0.2) is 0 Å². The van der Waals surface area contributed by atoms with E-state index in [-0.39, 0.29) is 23.1 Å². The highest BCUT2D eigenvalue weighted by molar-refractivity contribution is 7.99. The predicted octanol–water partition coefficient (Wildman–Crippen LogP) is 2.16. The van der Waals surface area contributed by atoms with E-state index in [1.807, 2.05) is 0 Å². The Morgan fingerprint density at radius 2 is 2.32 bits per heavy atom. The molecule has 1 aromatic carbocycles. The van der Waals surface area contributed by atoms with Gasteiger partial charge in [0.1, 0.15) is 11.8 Å². The molecule has 0 saturated carbocycles. The summed E-state index contributed by atoms with van der Waals surface area (Å²) in [6, 6.07) is 6.06. The Bertz CT molecular complexity index is 458. The van der Waals surface area contributed by atoms with Gasteiger partial charge in [-0.05, 0) is 17.7 Å². The van der Waals surface area contributed by atoms with Crippen molar-refractivity contribution in [1.29, 1.82) is 0 Å². The van der Waals surface area contributed by atoms with Gasteiger partial charge < -0.3 is 9.47 Å². The average Bonchev–Trinajstić information content (AvgIpc) is 2.87. The maximum Gasteiger partial charge on any atom is 0.387 e. The molecular formula is C12H13F2NO3S. The van der Waals surface area contributed by atoms with Crippen molar-refractivity contribution < 1.29 is 23.0 Å². The lowest BCUT2D eigenvalue weighted by atomic mass is 10.2. The first-order valence-corrected chi connectivity index (χ1v) is 6.65. The molecule has 4 nitrogen and oxygen atoms in total. The topological polar surface area (TPSA) is 47.6 Å². The van der Waals surface area contributed by atoms with Crippen molar-refractivity contribution in [2.45, 2.75) is 18.0 Å². The summed E-state index contributed by atoms with van der Waals surface area (Å²) in [4.78, 5) is 11.4. The monoisotopic (exact) mass is 289 g/mol. The minimum atomic E-state index is -2.85. The Morgan fingerprint density at radius 3 is 3.00 bits per heavy atom. The zero-order valence-electron chi connectivity index (χ0n) is 10.1. The summed E-state index contributed by atoms with van der Waals surface area (Å²) < 4.78 is 33.3. The maximum absolute atomic E-state index is 12.1. The van der Waals surface area contributed by atoms with E-state index in [1.165, 1.54) is 31.0 Å². The Labute approximate surface area is 113 Å². The molecule has 1 aliphatic rings. The van der Waals surface area contributed by atoms with E-state index in [2.05, 4.69) is 14.8 Å². The first kappa shape index (κ1) is 14.1. The molecule has 19 heavy (non-hydrogen) atoms. The van der Waals surface area contributed by atoms with Gasteiger partial charge >= 0.3 is 12.6 Å². The highest BCUT2D eigenvalue weighted by atomic mass is 32.2. The number of hydrogen-bond donors (Lipinski definition) is 1. The maximum atomic E-state index is 12.1. The van der Waals surface area contributed by atoms with Gasteiger partial charge in [0.15, 0.2) is 0 Å². The first-order valence-electron chi connectivity index (χ1n) is 5.60. The molecule has 1 aromatic rings. The molecule has 0 spiro atoms. The van der Waals surface area contributed by atoms with Gasteiger partial charge in [-0.1, -0.05) is 12.1 Å². The number of rotatable bonds is 4. The van der Waals surface area contributed by atoms with Crippen molar-refractivity contribution in [3.8, 4) is 5.75 Å². The number of alkyl halides is 2. The molecule has 2 atom stereocenters. The third kappa shape index (κ3) is 3.57. The summed E-state index contributed by atoms with van der Waals surface area (Å²) >= 11 is 1.52. The molecule has 0 amide bonds. The Kier molecular flexibility index (Phi) is 4.60. The lowest BCUT2D eigenvalue weighted by Gasteiger charge is -2.13. The van der Waals surface area contributed by atoms with Crippen LogP contribution < -0.4 is 10.1 Å². The molecule has 1 unspecified atom stereocenters. The number of nitrogens with one attached hydrogen (secondary N) is 1. The number of hydrogen-bond acceptors (Lipinski definition) is 5. The summed E-state index contributed by atoms with van der Waals surface area (Å²) in [6.07, 6.45) is 0. The lowest BCUT2D eigenvalue weighted by Crippen LogP contribution is -2.34. The van der Waals surface area contributed by atoms with Crippen molar-refractivity contribution >= 4 is 17.7 Å². The second-order valence-electron chi connectivity index (χ2n) is 3.91. The molecule has 1 saturated heterocycles. The van der Waals surface area contributed by atoms with Gasteiger partial charge in [-0.3, -0.25) is 10.1 Å². The van der Waals surface area contributed by atoms with E-state index < -0.39 is 6.61 Å². The Hall–Kier alpha value is -1.34. The van der Waals surface area contributed by atoms with Gasteiger partial charge in [-0.2, -0.15) is 8.78 Å². The van der Waals surface area contributed by atoms with Crippen LogP contribution >= 0.6 is 11.8 Å². The smallest absolute Gasteiger partial charge is 0.387 e. The fourth-order valence-electron chi connectivity index (χ4n) is 1.80. The van der Waals surface area contributed by atoms with Crippen LogP contribution in [0.4, 0.5) is 8.78 Å². The van der Waals surface area contributed by atoms with Gasteiger partial charge in [0.25, 0.3) is 0 Å². The van der Waals surface area contributed by atoms with Crippen LogP contribution in [-0.2, 0) is 9.53 Å². The van der Waals surface area contributed by atoms with E-state index in [1.54, 1.807) is 12.1 Å². The van der Waals surface area contributed by atoms with E-state index in [9.17, 15) is 13.6 Å². The van der Waals surface area contributed by atoms with Crippen molar-refractivity contribution in [2.75, 3.05) is 12.9 Å². The average molecular weight is 289 g/mol. The number of benzene rings is 1. The zero-order chi connectivity index (χ0) is 13.8. The normalized spacial score (nSPS) is 22.5. The van der Waals surface area contributed by atoms with E-state index in [0.717, 1.165) is 5.56 Å². The Balaban J connectivity index is 2.05. The Morgan fingerprint density at radius 1 is 1.53 bits per heavy atom. The number of carbonyl (C=O) groups is 1. The molecule has 0 radical (unpaired) electrons. The fourth-order valence-corrected chi connectivity index (χ4v) is 3.01. The molecule has 2 rings (SSSR count). The van der Waals surface area contributed by atoms with Crippen molar-refractivity contribution in [3.05, 3.63) is 29.8 Å². The van der Waals surface area contributed by atoms with Crippen molar-refractivity contribution in [1.82, 2.24) is 5.32 Å². The molecule has 0 aromatic heterocycles. The number of carbonyl (C=O) groups excluding carboxylic acids is 1. The first-order chi connectivity index (χ1) is 9.10. The van der Waals surface area contributed by atoms with Crippen LogP contribution in [0.25, 0.3) is 0 Å². The zero-order valence-corrected chi connectivity index (χ0v) is 11.0. The van der Waals surface area contributed by atoms with Crippen LogP contribution in [-0.4, -0.2) is 31.5 Å². The van der Waals surface area contributed by atoms with Crippen molar-refractivity contribution in [3.63, 3.8) is 0 Å². The van der Waals surface area contributed by atoms with Crippen LogP contribution in [0.2, 0.25) is 0 Å². The minimum Gasteiger partial charge on any atom is -0.468 e. The standard InChI is InChI=1S/C12H13F2NO3S/c1-17-11(16)9-6-19-10(15-9)7-3-2-4-8(5-7)18-12(13)14/h2-5,9-10,12,15H,6H2,1H3/t9-,10?/m0/s1. The van der Waals surface area contributed by atoms with Crippen LogP contribution in [0, 0.1) is 0 Å². The summed E-state index contributed by atoms with van der Waals surface area (Å²) in [5.41, 5.74) is 0.787. The largest absolute Gasteiger partial charge is 0.468 e. The SMILES string of the molecule is COC(=O)[C@@H]1CSC(c2cccc(OC(F)F)c2)N1. The third-order valence-electron chi connectivity index (χ3n) is 2.65. The quantitative estimate of drug-likeness (QED) is 0.861. The molecule has 104 valence electrons. The predicted molar refractivity (Wildman–Crippen MR) is 67.2 cm³/mol. The molecule has 1 N–H and O–H groups in total. The number of thioether (sulfide) groups is 1. The summed E-state index contributed by atoms with van der Waals surface area (Å²) in [5, 5.41) is 2.95. The van der Waals surface area contributed by atoms with Gasteiger partial charge in [0, 0.05) is 5.75 Å². The lowest BCUT2D eigenvalue weighted by molar-refractivity contribution is -0.142. The molecule has 1 heterocycles. The summed E-state index contributed by atoms with van der Waals surface area (Å²) in [6.45, 7) is -2.85. The fraction of sp³-hybridized carbons (Fsp3) is 0.417. The van der Waals surface area contributed by atoms with Crippen LogP contribution in [0.15, 0.2) is 24.3 Å². The van der Waals surface area contributed by atoms with Gasteiger partial charge in [0.05, 0.1) is 12.5 Å². The van der Waals surface area contributed by atoms with Crippen LogP contribution in [0.3, 0.4) is 0 Å². The highest BCUT2D eigenvalue weighted by Crippen LogP contribution is 2.34. The highest BCUT2D eigenvalue weighted by Gasteiger charge is 2.31. The summed E-state index contributed by atoms with van der Waals surface area (Å²) in [7, 11) is 1.33. The molecule has 1 fully saturated rings. The van der Waals surface area contributed by atoms with E-state index in [0.29, 0.717) is 5.75 Å². The molecule has 0 bridgehead atoms. The number of esters is 1. The van der Waals surface area contributed by atoms with Gasteiger partial charge in [0.2, 0.25) is 0 Å². The number of halogens is 2. The second kappa shape index (κ2) is 6.21. The summed E-state index contributed by atoms with van der Waals surface area (Å²) in [5.74, 6) is 0.364. The molecule has 0 aliphatic carbocycles. The number of methoxy groups -OCH3 is 1. The van der Waals surface area contributed by atoms with Gasteiger partial charge in [-0.15, -0.1) is 11.8 Å². The van der Waals surface area contributed by atoms with E-state index in [4.69, 9.17) is 0 Å². The number of ether oxygens (including phenoxy) is 2. The second-order valence-corrected chi connectivity index (χ2v) is 5.04. The minimum absolute atomic E-state index is 0.108. The molecule has 1 aliphatic heterocycles. The molecule has 7 heteroatoms. The van der Waals surface area contributed by atoms with Crippen LogP contribution in [0.5, 0.6) is 5.75 Å². The van der Waals surface area contributed by atoms with Crippen molar-refractivity contribution in [2.24, 2.45) is 0 Å².